The molecule has 1 heterocycles. The predicted molar refractivity (Wildman–Crippen MR) is 60.2 cm³/mol. The molecule has 0 bridgehead atoms. The number of ether oxygens (including phenoxy) is 2. The molecule has 1 aliphatic carbocycles. The summed E-state index contributed by atoms with van der Waals surface area (Å²) in [6.07, 6.45) is 2.44. The first-order valence-electron chi connectivity index (χ1n) is 5.51. The van der Waals surface area contributed by atoms with Gasteiger partial charge in [0.25, 0.3) is 0 Å². The molecule has 0 aromatic heterocycles. The van der Waals surface area contributed by atoms with E-state index in [1.54, 1.807) is 6.07 Å². The molecule has 0 atom stereocenters. The van der Waals surface area contributed by atoms with Crippen molar-refractivity contribution in [2.24, 2.45) is 0 Å². The lowest BCUT2D eigenvalue weighted by molar-refractivity contribution is 0.151. The zero-order valence-electron chi connectivity index (χ0n) is 8.83. The van der Waals surface area contributed by atoms with E-state index in [0.29, 0.717) is 29.7 Å². The molecule has 2 aliphatic rings. The molecule has 0 unspecified atom stereocenters. The maximum Gasteiger partial charge on any atom is 0.179 e. The second kappa shape index (κ2) is 3.54. The smallest absolute Gasteiger partial charge is 0.179 e. The third kappa shape index (κ3) is 1.64. The Morgan fingerprint density at radius 3 is 2.69 bits per heavy atom. The van der Waals surface area contributed by atoms with Crippen LogP contribution in [0.3, 0.4) is 0 Å². The molecule has 1 N–H and O–H groups in total. The van der Waals surface area contributed by atoms with Crippen LogP contribution in [0.1, 0.15) is 24.8 Å². The van der Waals surface area contributed by atoms with Gasteiger partial charge in [0.15, 0.2) is 11.5 Å². The first-order chi connectivity index (χ1) is 7.69. The predicted octanol–water partition coefficient (Wildman–Crippen LogP) is 2.48. The van der Waals surface area contributed by atoms with Gasteiger partial charge in [0.2, 0.25) is 0 Å². The van der Waals surface area contributed by atoms with Crippen molar-refractivity contribution in [2.45, 2.75) is 24.9 Å². The minimum Gasteiger partial charge on any atom is -0.489 e. The first kappa shape index (κ1) is 10.2. The van der Waals surface area contributed by atoms with Gasteiger partial charge >= 0.3 is 0 Å². The van der Waals surface area contributed by atoms with Crippen LogP contribution in [-0.2, 0) is 5.60 Å². The number of fused-ring (bicyclic) bond motifs is 1. The molecule has 1 aromatic rings. The number of hydrogen-bond donors (Lipinski definition) is 1. The fraction of sp³-hybridized carbons (Fsp3) is 0.500. The van der Waals surface area contributed by atoms with Gasteiger partial charge < -0.3 is 14.6 Å². The summed E-state index contributed by atoms with van der Waals surface area (Å²) in [6, 6.07) is 3.63. The van der Waals surface area contributed by atoms with Gasteiger partial charge in [-0.25, -0.2) is 0 Å². The lowest BCUT2D eigenvalue weighted by Gasteiger charge is -2.14. The molecule has 3 rings (SSSR count). The molecule has 0 radical (unpaired) electrons. The molecular weight excluding hydrogens is 228 g/mol. The Morgan fingerprint density at radius 1 is 1.19 bits per heavy atom. The standard InChI is InChI=1S/C12H13ClO3/c13-9-6-8(12(14)2-3-12)7-10-11(9)16-5-1-4-15-10/h6-7,14H,1-5H2. The first-order valence-corrected chi connectivity index (χ1v) is 5.89. The number of hydrogen-bond acceptors (Lipinski definition) is 3. The van der Waals surface area contributed by atoms with E-state index in [4.69, 9.17) is 21.1 Å². The summed E-state index contributed by atoms with van der Waals surface area (Å²) < 4.78 is 11.1. The van der Waals surface area contributed by atoms with Crippen LogP contribution in [0, 0.1) is 0 Å². The van der Waals surface area contributed by atoms with Gasteiger partial charge in [0, 0.05) is 6.42 Å². The Labute approximate surface area is 98.9 Å². The van der Waals surface area contributed by atoms with E-state index < -0.39 is 5.60 Å². The van der Waals surface area contributed by atoms with E-state index in [9.17, 15) is 5.11 Å². The van der Waals surface area contributed by atoms with E-state index in [1.807, 2.05) is 6.07 Å². The third-order valence-corrected chi connectivity index (χ3v) is 3.34. The lowest BCUT2D eigenvalue weighted by Crippen LogP contribution is -2.05. The summed E-state index contributed by atoms with van der Waals surface area (Å²) in [5, 5.41) is 10.6. The number of halogens is 1. The molecule has 86 valence electrons. The van der Waals surface area contributed by atoms with Gasteiger partial charge in [-0.2, -0.15) is 0 Å². The van der Waals surface area contributed by atoms with Crippen LogP contribution in [0.25, 0.3) is 0 Å². The second-order valence-corrected chi connectivity index (χ2v) is 4.77. The Morgan fingerprint density at radius 2 is 1.94 bits per heavy atom. The van der Waals surface area contributed by atoms with E-state index in [0.717, 1.165) is 24.8 Å². The maximum atomic E-state index is 10.0. The van der Waals surface area contributed by atoms with Crippen molar-refractivity contribution in [1.82, 2.24) is 0 Å². The quantitative estimate of drug-likeness (QED) is 0.820. The highest BCUT2D eigenvalue weighted by molar-refractivity contribution is 6.32. The topological polar surface area (TPSA) is 38.7 Å². The van der Waals surface area contributed by atoms with Gasteiger partial charge in [0.1, 0.15) is 0 Å². The van der Waals surface area contributed by atoms with Crippen LogP contribution in [0.4, 0.5) is 0 Å². The summed E-state index contributed by atoms with van der Waals surface area (Å²) in [7, 11) is 0. The van der Waals surface area contributed by atoms with Gasteiger partial charge in [-0.3, -0.25) is 0 Å². The monoisotopic (exact) mass is 240 g/mol. The Balaban J connectivity index is 2.05. The summed E-state index contributed by atoms with van der Waals surface area (Å²) in [4.78, 5) is 0. The van der Waals surface area contributed by atoms with Crippen molar-refractivity contribution in [3.8, 4) is 11.5 Å². The van der Waals surface area contributed by atoms with Crippen LogP contribution in [0.15, 0.2) is 12.1 Å². The van der Waals surface area contributed by atoms with Crippen LogP contribution >= 0.6 is 11.6 Å². The van der Waals surface area contributed by atoms with Crippen molar-refractivity contribution >= 4 is 11.6 Å². The zero-order chi connectivity index (χ0) is 11.2. The normalized spacial score (nSPS) is 21.4. The van der Waals surface area contributed by atoms with E-state index in [2.05, 4.69) is 0 Å². The van der Waals surface area contributed by atoms with Crippen LogP contribution in [0.5, 0.6) is 11.5 Å². The van der Waals surface area contributed by atoms with Crippen LogP contribution in [0.2, 0.25) is 5.02 Å². The minimum atomic E-state index is -0.686. The number of rotatable bonds is 1. The zero-order valence-corrected chi connectivity index (χ0v) is 9.59. The molecule has 0 amide bonds. The fourth-order valence-electron chi connectivity index (χ4n) is 1.91. The largest absolute Gasteiger partial charge is 0.489 e. The summed E-state index contributed by atoms with van der Waals surface area (Å²) in [5.41, 5.74) is 0.149. The summed E-state index contributed by atoms with van der Waals surface area (Å²) in [6.45, 7) is 1.25. The SMILES string of the molecule is OC1(c2cc(Cl)c3c(c2)OCCCO3)CC1. The van der Waals surface area contributed by atoms with E-state index in [1.165, 1.54) is 0 Å². The highest BCUT2D eigenvalue weighted by Gasteiger charge is 2.43. The van der Waals surface area contributed by atoms with Crippen molar-refractivity contribution in [2.75, 3.05) is 13.2 Å². The lowest BCUT2D eigenvalue weighted by atomic mass is 10.1. The summed E-state index contributed by atoms with van der Waals surface area (Å²) >= 11 is 6.14. The number of aliphatic hydroxyl groups is 1. The van der Waals surface area contributed by atoms with Gasteiger partial charge in [-0.05, 0) is 30.5 Å². The fourth-order valence-corrected chi connectivity index (χ4v) is 2.17. The molecule has 3 nitrogen and oxygen atoms in total. The molecule has 4 heteroatoms. The minimum absolute atomic E-state index is 0.523. The van der Waals surface area contributed by atoms with Gasteiger partial charge in [-0.1, -0.05) is 11.6 Å². The average Bonchev–Trinajstić information content (AvgIpc) is 3.02. The van der Waals surface area contributed by atoms with Crippen molar-refractivity contribution in [1.29, 1.82) is 0 Å². The van der Waals surface area contributed by atoms with Gasteiger partial charge in [-0.15, -0.1) is 0 Å². The highest BCUT2D eigenvalue weighted by Crippen LogP contribution is 2.49. The van der Waals surface area contributed by atoms with Crippen LogP contribution < -0.4 is 9.47 Å². The molecule has 16 heavy (non-hydrogen) atoms. The Kier molecular flexibility index (Phi) is 2.26. The molecule has 1 fully saturated rings. The average molecular weight is 241 g/mol. The van der Waals surface area contributed by atoms with Crippen LogP contribution in [-0.4, -0.2) is 18.3 Å². The maximum absolute atomic E-state index is 10.0. The second-order valence-electron chi connectivity index (χ2n) is 4.37. The molecule has 1 aliphatic heterocycles. The highest BCUT2D eigenvalue weighted by atomic mass is 35.5. The van der Waals surface area contributed by atoms with E-state index >= 15 is 0 Å². The third-order valence-electron chi connectivity index (χ3n) is 3.06. The number of benzene rings is 1. The molecule has 1 saturated carbocycles. The van der Waals surface area contributed by atoms with Crippen molar-refractivity contribution in [3.05, 3.63) is 22.7 Å². The molecule has 1 aromatic carbocycles. The Bertz CT molecular complexity index is 427. The molecular formula is C12H13ClO3. The van der Waals surface area contributed by atoms with Crippen molar-refractivity contribution < 1.29 is 14.6 Å². The molecule has 0 saturated heterocycles. The van der Waals surface area contributed by atoms with Gasteiger partial charge in [0.05, 0.1) is 23.8 Å². The van der Waals surface area contributed by atoms with Crippen molar-refractivity contribution in [3.63, 3.8) is 0 Å². The molecule has 0 spiro atoms. The Hall–Kier alpha value is -0.930. The summed E-state index contributed by atoms with van der Waals surface area (Å²) in [5.74, 6) is 1.26. The van der Waals surface area contributed by atoms with E-state index in [-0.39, 0.29) is 0 Å².